The molecule has 0 aliphatic carbocycles. The molecule has 0 aromatic carbocycles. The Hall–Kier alpha value is -0.820. The Morgan fingerprint density at radius 3 is 2.50 bits per heavy atom. The number of likely N-dealkylation sites (tertiary alicyclic amines) is 1. The fourth-order valence-electron chi connectivity index (χ4n) is 2.32. The Balaban J connectivity index is 2.11. The smallest absolute Gasteiger partial charge is 0.352 e. The molecule has 104 valence electrons. The first-order valence-corrected chi connectivity index (χ1v) is 5.98. The van der Waals surface area contributed by atoms with Crippen molar-refractivity contribution in [2.24, 2.45) is 0 Å². The molecule has 18 heavy (non-hydrogen) atoms. The Kier molecular flexibility index (Phi) is 3.55. The van der Waals surface area contributed by atoms with Gasteiger partial charge in [-0.2, -0.15) is 8.78 Å². The SMILES string of the molecule is O=C(N1CC[C@@H](F)C1)C(F)(F)C1(O)CCOCC1. The summed E-state index contributed by atoms with van der Waals surface area (Å²) in [5, 5.41) is 9.92. The average Bonchev–Trinajstić information content (AvgIpc) is 2.75. The molecule has 2 fully saturated rings. The molecule has 4 nitrogen and oxygen atoms in total. The minimum Gasteiger partial charge on any atom is -0.383 e. The number of nitrogens with zero attached hydrogens (tertiary/aromatic N) is 1. The summed E-state index contributed by atoms with van der Waals surface area (Å²) in [6.45, 7) is -0.362. The summed E-state index contributed by atoms with van der Waals surface area (Å²) in [7, 11) is 0. The van der Waals surface area contributed by atoms with E-state index in [0.29, 0.717) is 0 Å². The number of ether oxygens (including phenoxy) is 1. The number of carbonyl (C=O) groups is 1. The second-order valence-electron chi connectivity index (χ2n) is 4.86. The number of hydrogen-bond donors (Lipinski definition) is 1. The fourth-order valence-corrected chi connectivity index (χ4v) is 2.32. The third kappa shape index (κ3) is 2.21. The van der Waals surface area contributed by atoms with Gasteiger partial charge in [0.2, 0.25) is 0 Å². The van der Waals surface area contributed by atoms with Gasteiger partial charge < -0.3 is 14.7 Å². The summed E-state index contributed by atoms with van der Waals surface area (Å²) in [6.07, 6.45) is -1.77. The number of aliphatic hydroxyl groups is 1. The van der Waals surface area contributed by atoms with Gasteiger partial charge >= 0.3 is 5.92 Å². The highest BCUT2D eigenvalue weighted by Crippen LogP contribution is 2.38. The molecule has 1 N–H and O–H groups in total. The molecule has 2 heterocycles. The number of carbonyl (C=O) groups excluding carboxylic acids is 1. The van der Waals surface area contributed by atoms with Crippen LogP contribution in [0.2, 0.25) is 0 Å². The van der Waals surface area contributed by atoms with Crippen molar-refractivity contribution in [1.29, 1.82) is 0 Å². The first-order chi connectivity index (χ1) is 8.37. The minimum atomic E-state index is -3.89. The normalized spacial score (nSPS) is 28.4. The molecule has 2 aliphatic heterocycles. The molecule has 0 bridgehead atoms. The molecule has 0 aromatic rings. The second-order valence-corrected chi connectivity index (χ2v) is 4.86. The van der Waals surface area contributed by atoms with Gasteiger partial charge in [-0.25, -0.2) is 4.39 Å². The van der Waals surface area contributed by atoms with Crippen LogP contribution in [0.5, 0.6) is 0 Å². The highest BCUT2D eigenvalue weighted by atomic mass is 19.3. The van der Waals surface area contributed by atoms with Gasteiger partial charge in [-0.3, -0.25) is 4.79 Å². The van der Waals surface area contributed by atoms with Crippen molar-refractivity contribution in [2.45, 2.75) is 37.0 Å². The Bertz CT molecular complexity index is 331. The standard InChI is InChI=1S/C11H16F3NO3/c12-8-1-4-15(7-8)9(16)11(13,14)10(17)2-5-18-6-3-10/h8,17H,1-7H2/t8-/m1/s1. The zero-order chi connectivity index (χ0) is 13.4. The van der Waals surface area contributed by atoms with E-state index in [9.17, 15) is 23.1 Å². The molecule has 7 heteroatoms. The van der Waals surface area contributed by atoms with Crippen molar-refractivity contribution in [2.75, 3.05) is 26.3 Å². The van der Waals surface area contributed by atoms with Gasteiger partial charge in [-0.1, -0.05) is 0 Å². The lowest BCUT2D eigenvalue weighted by atomic mass is 9.86. The van der Waals surface area contributed by atoms with E-state index in [4.69, 9.17) is 4.74 Å². The lowest BCUT2D eigenvalue weighted by Crippen LogP contribution is -2.59. The van der Waals surface area contributed by atoms with E-state index in [2.05, 4.69) is 0 Å². The van der Waals surface area contributed by atoms with E-state index in [-0.39, 0.29) is 45.6 Å². The van der Waals surface area contributed by atoms with Crippen LogP contribution in [0.15, 0.2) is 0 Å². The number of hydrogen-bond acceptors (Lipinski definition) is 3. The lowest BCUT2D eigenvalue weighted by molar-refractivity contribution is -0.220. The predicted molar refractivity (Wildman–Crippen MR) is 56.0 cm³/mol. The first kappa shape index (κ1) is 13.6. The van der Waals surface area contributed by atoms with E-state index in [1.165, 1.54) is 0 Å². The van der Waals surface area contributed by atoms with E-state index < -0.39 is 23.6 Å². The van der Waals surface area contributed by atoms with Crippen molar-refractivity contribution in [1.82, 2.24) is 4.90 Å². The molecular weight excluding hydrogens is 251 g/mol. The van der Waals surface area contributed by atoms with Crippen LogP contribution in [0.4, 0.5) is 13.2 Å². The van der Waals surface area contributed by atoms with Gasteiger partial charge in [0.05, 0.1) is 6.54 Å². The van der Waals surface area contributed by atoms with E-state index >= 15 is 0 Å². The van der Waals surface area contributed by atoms with E-state index in [0.717, 1.165) is 4.90 Å². The van der Waals surface area contributed by atoms with Gasteiger partial charge in [0.15, 0.2) is 0 Å². The van der Waals surface area contributed by atoms with Gasteiger partial charge in [0.25, 0.3) is 5.91 Å². The van der Waals surface area contributed by atoms with Crippen LogP contribution in [0.1, 0.15) is 19.3 Å². The molecule has 1 atom stereocenters. The molecule has 0 radical (unpaired) electrons. The molecule has 2 saturated heterocycles. The summed E-state index contributed by atoms with van der Waals surface area (Å²) < 4.78 is 45.9. The van der Waals surface area contributed by atoms with Crippen molar-refractivity contribution in [3.63, 3.8) is 0 Å². The Labute approximate surface area is 103 Å². The minimum absolute atomic E-state index is 0.00882. The van der Waals surface area contributed by atoms with Gasteiger partial charge in [-0.05, 0) is 6.42 Å². The summed E-state index contributed by atoms with van der Waals surface area (Å²) in [5.41, 5.74) is -2.38. The van der Waals surface area contributed by atoms with E-state index in [1.54, 1.807) is 0 Å². The zero-order valence-corrected chi connectivity index (χ0v) is 9.87. The third-order valence-electron chi connectivity index (χ3n) is 3.59. The number of alkyl halides is 3. The Morgan fingerprint density at radius 1 is 1.39 bits per heavy atom. The molecule has 1 amide bonds. The maximum atomic E-state index is 14.0. The molecule has 0 unspecified atom stereocenters. The van der Waals surface area contributed by atoms with Gasteiger partial charge in [0.1, 0.15) is 11.8 Å². The van der Waals surface area contributed by atoms with Gasteiger partial charge in [0, 0.05) is 32.6 Å². The second kappa shape index (κ2) is 4.70. The molecule has 0 saturated carbocycles. The monoisotopic (exact) mass is 267 g/mol. The molecule has 0 aromatic heterocycles. The van der Waals surface area contributed by atoms with Crippen LogP contribution in [0.25, 0.3) is 0 Å². The van der Waals surface area contributed by atoms with Crippen molar-refractivity contribution in [3.8, 4) is 0 Å². The Morgan fingerprint density at radius 2 is 2.00 bits per heavy atom. The molecule has 2 rings (SSSR count). The number of amides is 1. The lowest BCUT2D eigenvalue weighted by Gasteiger charge is -2.38. The molecular formula is C11H16F3NO3. The van der Waals surface area contributed by atoms with Crippen LogP contribution in [-0.4, -0.2) is 59.9 Å². The maximum absolute atomic E-state index is 14.0. The van der Waals surface area contributed by atoms with Crippen LogP contribution in [-0.2, 0) is 9.53 Å². The molecule has 2 aliphatic rings. The molecule has 0 spiro atoms. The highest BCUT2D eigenvalue weighted by molar-refractivity contribution is 5.85. The number of halogens is 3. The quantitative estimate of drug-likeness (QED) is 0.802. The van der Waals surface area contributed by atoms with E-state index in [1.807, 2.05) is 0 Å². The zero-order valence-electron chi connectivity index (χ0n) is 9.87. The predicted octanol–water partition coefficient (Wildman–Crippen LogP) is 0.734. The van der Waals surface area contributed by atoms with Crippen molar-refractivity contribution < 1.29 is 27.8 Å². The summed E-state index contributed by atoms with van der Waals surface area (Å²) in [6, 6.07) is 0. The number of rotatable bonds is 2. The maximum Gasteiger partial charge on any atom is 0.352 e. The fraction of sp³-hybridized carbons (Fsp3) is 0.909. The van der Waals surface area contributed by atoms with Crippen LogP contribution in [0, 0.1) is 0 Å². The van der Waals surface area contributed by atoms with Crippen molar-refractivity contribution >= 4 is 5.91 Å². The average molecular weight is 267 g/mol. The summed E-state index contributed by atoms with van der Waals surface area (Å²) in [4.78, 5) is 12.5. The summed E-state index contributed by atoms with van der Waals surface area (Å²) in [5.74, 6) is -5.37. The highest BCUT2D eigenvalue weighted by Gasteiger charge is 2.60. The van der Waals surface area contributed by atoms with Crippen LogP contribution < -0.4 is 0 Å². The largest absolute Gasteiger partial charge is 0.383 e. The third-order valence-corrected chi connectivity index (χ3v) is 3.59. The van der Waals surface area contributed by atoms with Gasteiger partial charge in [-0.15, -0.1) is 0 Å². The summed E-state index contributed by atoms with van der Waals surface area (Å²) >= 11 is 0. The first-order valence-electron chi connectivity index (χ1n) is 5.98. The van der Waals surface area contributed by atoms with Crippen LogP contribution >= 0.6 is 0 Å². The van der Waals surface area contributed by atoms with Crippen molar-refractivity contribution in [3.05, 3.63) is 0 Å². The topological polar surface area (TPSA) is 49.8 Å². The van der Waals surface area contributed by atoms with Crippen LogP contribution in [0.3, 0.4) is 0 Å².